The lowest BCUT2D eigenvalue weighted by Gasteiger charge is -2.34. The third kappa shape index (κ3) is 5.17. The number of sulfonamides is 1. The maximum atomic E-state index is 13.1. The fraction of sp³-hybridized carbons (Fsp3) is 0.308. The Morgan fingerprint density at radius 1 is 1.06 bits per heavy atom. The molecule has 1 aliphatic rings. The number of nitrogens with zero attached hydrogens (tertiary/aromatic N) is 4. The van der Waals surface area contributed by atoms with Crippen LogP contribution in [0.4, 0.5) is 5.13 Å². The van der Waals surface area contributed by atoms with Crippen LogP contribution >= 0.6 is 11.3 Å². The number of amides is 1. The van der Waals surface area contributed by atoms with Crippen molar-refractivity contribution in [3.05, 3.63) is 78.9 Å². The highest BCUT2D eigenvalue weighted by Crippen LogP contribution is 2.31. The van der Waals surface area contributed by atoms with E-state index in [1.165, 1.54) is 38.9 Å². The summed E-state index contributed by atoms with van der Waals surface area (Å²) in [5.41, 5.74) is 2.80. The zero-order valence-corrected chi connectivity index (χ0v) is 21.5. The third-order valence-corrected chi connectivity index (χ3v) is 9.04. The van der Waals surface area contributed by atoms with Crippen molar-refractivity contribution in [1.82, 2.24) is 14.2 Å². The van der Waals surface area contributed by atoms with Crippen LogP contribution in [-0.4, -0.2) is 67.8 Å². The second-order valence-corrected chi connectivity index (χ2v) is 11.3. The van der Waals surface area contributed by atoms with E-state index < -0.39 is 10.0 Å². The summed E-state index contributed by atoms with van der Waals surface area (Å²) in [5, 5.41) is 0.992. The highest BCUT2D eigenvalue weighted by atomic mass is 32.2. The molecule has 2 aromatic carbocycles. The van der Waals surface area contributed by atoms with E-state index in [0.717, 1.165) is 17.1 Å². The molecule has 1 aliphatic heterocycles. The molecule has 0 atom stereocenters. The predicted molar refractivity (Wildman–Crippen MR) is 143 cm³/mol. The average Bonchev–Trinajstić information content (AvgIpc) is 3.33. The van der Waals surface area contributed by atoms with Crippen LogP contribution in [0, 0.1) is 0 Å². The van der Waals surface area contributed by atoms with Gasteiger partial charge in [0.25, 0.3) is 5.91 Å². The lowest BCUT2D eigenvalue weighted by atomic mass is 10.1. The minimum Gasteiger partial charge on any atom is -0.345 e. The highest BCUT2D eigenvalue weighted by molar-refractivity contribution is 7.89. The number of aryl methyl sites for hydroxylation is 1. The number of para-hydroxylation sites is 1. The molecule has 2 heterocycles. The zero-order valence-electron chi connectivity index (χ0n) is 19.9. The maximum absolute atomic E-state index is 13.1. The Labute approximate surface area is 211 Å². The summed E-state index contributed by atoms with van der Waals surface area (Å²) in [6, 6.07) is 12.5. The molecule has 0 bridgehead atoms. The Bertz CT molecular complexity index is 1310. The number of hydrogen-bond acceptors (Lipinski definition) is 6. The lowest BCUT2D eigenvalue weighted by Crippen LogP contribution is -2.48. The quantitative estimate of drug-likeness (QED) is 0.404. The number of carbonyl (C=O) groups excluding carboxylic acids is 1. The molecule has 7 nitrogen and oxygen atoms in total. The van der Waals surface area contributed by atoms with Crippen molar-refractivity contribution in [2.24, 2.45) is 0 Å². The second kappa shape index (κ2) is 10.7. The molecule has 1 amide bonds. The van der Waals surface area contributed by atoms with Crippen LogP contribution in [0.1, 0.15) is 22.8 Å². The summed E-state index contributed by atoms with van der Waals surface area (Å²) in [6.07, 6.45) is 4.02. The first-order chi connectivity index (χ1) is 16.9. The van der Waals surface area contributed by atoms with Crippen molar-refractivity contribution in [3.63, 3.8) is 0 Å². The molecule has 0 N–H and O–H groups in total. The van der Waals surface area contributed by atoms with Crippen molar-refractivity contribution in [2.75, 3.05) is 44.2 Å². The number of thiazole rings is 1. The standard InChI is InChI=1S/C26H30N4O3S2/c1-4-14-30(15-5-2)35(32,33)22-12-10-21(11-13-22)25(31)28-16-18-29(19-17-28)26-27-24-20(6-3)8-7-9-23(24)34-26/h4-5,7-13H,1-2,6,14-19H2,3H3. The van der Waals surface area contributed by atoms with E-state index in [1.54, 1.807) is 23.5 Å². The normalized spacial score (nSPS) is 14.5. The van der Waals surface area contributed by atoms with Gasteiger partial charge in [0.05, 0.1) is 15.1 Å². The molecule has 3 aromatic rings. The molecule has 1 saturated heterocycles. The Hall–Kier alpha value is -3.01. The fourth-order valence-corrected chi connectivity index (χ4v) is 6.62. The van der Waals surface area contributed by atoms with Crippen molar-refractivity contribution in [2.45, 2.75) is 18.2 Å². The van der Waals surface area contributed by atoms with E-state index in [-0.39, 0.29) is 23.9 Å². The van der Waals surface area contributed by atoms with Gasteiger partial charge >= 0.3 is 0 Å². The Morgan fingerprint density at radius 3 is 2.31 bits per heavy atom. The summed E-state index contributed by atoms with van der Waals surface area (Å²) in [4.78, 5) is 22.1. The Balaban J connectivity index is 1.42. The van der Waals surface area contributed by atoms with Crippen LogP contribution in [0.25, 0.3) is 10.2 Å². The van der Waals surface area contributed by atoms with Gasteiger partial charge in [-0.25, -0.2) is 13.4 Å². The van der Waals surface area contributed by atoms with E-state index >= 15 is 0 Å². The molecule has 184 valence electrons. The topological polar surface area (TPSA) is 73.8 Å². The highest BCUT2D eigenvalue weighted by Gasteiger charge is 2.26. The largest absolute Gasteiger partial charge is 0.345 e. The van der Waals surface area contributed by atoms with Crippen LogP contribution in [0.3, 0.4) is 0 Å². The van der Waals surface area contributed by atoms with E-state index in [0.29, 0.717) is 31.7 Å². The molecule has 4 rings (SSSR count). The van der Waals surface area contributed by atoms with Crippen LogP contribution in [0.15, 0.2) is 72.7 Å². The number of anilines is 1. The van der Waals surface area contributed by atoms with Crippen LogP contribution in [0.5, 0.6) is 0 Å². The fourth-order valence-electron chi connectivity index (χ4n) is 4.18. The zero-order chi connectivity index (χ0) is 25.0. The molecule has 0 saturated carbocycles. The number of rotatable bonds is 9. The minimum absolute atomic E-state index is 0.0970. The van der Waals surface area contributed by atoms with Crippen molar-refractivity contribution in [1.29, 1.82) is 0 Å². The number of carbonyl (C=O) groups is 1. The van der Waals surface area contributed by atoms with Crippen LogP contribution < -0.4 is 4.90 Å². The molecular formula is C26H30N4O3S2. The number of fused-ring (bicyclic) bond motifs is 1. The molecule has 1 aromatic heterocycles. The van der Waals surface area contributed by atoms with E-state index in [1.807, 2.05) is 4.90 Å². The monoisotopic (exact) mass is 510 g/mol. The molecule has 35 heavy (non-hydrogen) atoms. The number of aromatic nitrogens is 1. The molecule has 0 spiro atoms. The number of hydrogen-bond donors (Lipinski definition) is 0. The summed E-state index contributed by atoms with van der Waals surface area (Å²) in [5.74, 6) is -0.0970. The Morgan fingerprint density at radius 2 is 1.71 bits per heavy atom. The van der Waals surface area contributed by atoms with Gasteiger partial charge in [-0.1, -0.05) is 42.5 Å². The third-order valence-electron chi connectivity index (χ3n) is 6.11. The summed E-state index contributed by atoms with van der Waals surface area (Å²) in [6.45, 7) is 12.3. The van der Waals surface area contributed by atoms with Gasteiger partial charge in [0, 0.05) is 44.8 Å². The first-order valence-electron chi connectivity index (χ1n) is 11.6. The van der Waals surface area contributed by atoms with Gasteiger partial charge in [-0.3, -0.25) is 4.79 Å². The van der Waals surface area contributed by atoms with Gasteiger partial charge in [0.1, 0.15) is 0 Å². The lowest BCUT2D eigenvalue weighted by molar-refractivity contribution is 0.0746. The van der Waals surface area contributed by atoms with Gasteiger partial charge in [0.15, 0.2) is 5.13 Å². The average molecular weight is 511 g/mol. The van der Waals surface area contributed by atoms with Crippen molar-refractivity contribution >= 4 is 42.6 Å². The first-order valence-corrected chi connectivity index (χ1v) is 13.9. The number of piperazine rings is 1. The van der Waals surface area contributed by atoms with Gasteiger partial charge in [-0.2, -0.15) is 4.31 Å². The van der Waals surface area contributed by atoms with E-state index in [4.69, 9.17) is 4.98 Å². The summed E-state index contributed by atoms with van der Waals surface area (Å²) < 4.78 is 28.3. The van der Waals surface area contributed by atoms with Crippen molar-refractivity contribution in [3.8, 4) is 0 Å². The summed E-state index contributed by atoms with van der Waals surface area (Å²) in [7, 11) is -3.69. The summed E-state index contributed by atoms with van der Waals surface area (Å²) >= 11 is 1.69. The van der Waals surface area contributed by atoms with Crippen molar-refractivity contribution < 1.29 is 13.2 Å². The van der Waals surface area contributed by atoms with Crippen LogP contribution in [0.2, 0.25) is 0 Å². The van der Waals surface area contributed by atoms with E-state index in [2.05, 4.69) is 43.2 Å². The Kier molecular flexibility index (Phi) is 7.69. The first kappa shape index (κ1) is 25.1. The maximum Gasteiger partial charge on any atom is 0.253 e. The predicted octanol–water partition coefficient (Wildman–Crippen LogP) is 4.18. The molecule has 1 fully saturated rings. The molecular weight excluding hydrogens is 480 g/mol. The molecule has 0 unspecified atom stereocenters. The van der Waals surface area contributed by atoms with E-state index in [9.17, 15) is 13.2 Å². The van der Waals surface area contributed by atoms with Gasteiger partial charge in [-0.05, 0) is 42.3 Å². The van der Waals surface area contributed by atoms with Gasteiger partial charge < -0.3 is 9.80 Å². The number of benzene rings is 2. The minimum atomic E-state index is -3.69. The van der Waals surface area contributed by atoms with Gasteiger partial charge in [-0.15, -0.1) is 13.2 Å². The smallest absolute Gasteiger partial charge is 0.253 e. The molecule has 0 aliphatic carbocycles. The molecule has 9 heteroatoms. The SMILES string of the molecule is C=CCN(CC=C)S(=O)(=O)c1ccc(C(=O)N2CCN(c3nc4c(CC)cccc4s3)CC2)cc1. The molecule has 0 radical (unpaired) electrons. The van der Waals surface area contributed by atoms with Crippen LogP contribution in [-0.2, 0) is 16.4 Å². The van der Waals surface area contributed by atoms with Gasteiger partial charge in [0.2, 0.25) is 10.0 Å². The second-order valence-electron chi connectivity index (χ2n) is 8.32.